The van der Waals surface area contributed by atoms with Gasteiger partial charge in [-0.05, 0) is 38.2 Å². The summed E-state index contributed by atoms with van der Waals surface area (Å²) in [5.74, 6) is 0. The third kappa shape index (κ3) is 5.44. The topological polar surface area (TPSA) is 18.5 Å². The van der Waals surface area contributed by atoms with Gasteiger partial charge in [0.1, 0.15) is 0 Å². The summed E-state index contributed by atoms with van der Waals surface area (Å²) in [6.45, 7) is 7.97. The number of hydrogen-bond acceptors (Lipinski definition) is 2. The number of benzene rings is 1. The molecule has 1 aromatic rings. The van der Waals surface area contributed by atoms with E-state index in [1.807, 2.05) is 0 Å². The summed E-state index contributed by atoms with van der Waals surface area (Å²) in [4.78, 5) is 0. The van der Waals surface area contributed by atoms with Crippen LogP contribution in [0.25, 0.3) is 0 Å². The molecule has 118 valence electrons. The van der Waals surface area contributed by atoms with Gasteiger partial charge < -0.3 is 9.47 Å². The van der Waals surface area contributed by atoms with E-state index in [0.717, 1.165) is 26.4 Å². The van der Waals surface area contributed by atoms with Gasteiger partial charge in [0.2, 0.25) is 0 Å². The second-order valence-corrected chi connectivity index (χ2v) is 6.55. The van der Waals surface area contributed by atoms with Gasteiger partial charge in [-0.1, -0.05) is 49.6 Å². The first-order valence-electron chi connectivity index (χ1n) is 8.45. The standard InChI is InChI=1S/C19H30O2/c1-3-19(15-21-16-19)14-20-12-7-5-4-6-10-18-11-8-9-17(2)13-18/h8-9,11,13H,3-7,10,12,14-16H2,1-2H3. The molecule has 0 atom stereocenters. The lowest BCUT2D eigenvalue weighted by Gasteiger charge is -2.40. The maximum atomic E-state index is 5.83. The van der Waals surface area contributed by atoms with Crippen molar-refractivity contribution >= 4 is 0 Å². The Balaban J connectivity index is 1.45. The van der Waals surface area contributed by atoms with Gasteiger partial charge in [0.25, 0.3) is 0 Å². The Hall–Kier alpha value is -0.860. The molecule has 2 nitrogen and oxygen atoms in total. The van der Waals surface area contributed by atoms with E-state index in [4.69, 9.17) is 9.47 Å². The molecule has 0 saturated carbocycles. The molecule has 2 heteroatoms. The minimum absolute atomic E-state index is 0.338. The van der Waals surface area contributed by atoms with E-state index >= 15 is 0 Å². The molecule has 0 aliphatic carbocycles. The Labute approximate surface area is 129 Å². The van der Waals surface area contributed by atoms with E-state index in [1.165, 1.54) is 49.7 Å². The first-order valence-corrected chi connectivity index (χ1v) is 8.45. The largest absolute Gasteiger partial charge is 0.381 e. The van der Waals surface area contributed by atoms with Crippen molar-refractivity contribution in [2.24, 2.45) is 5.41 Å². The molecule has 0 spiro atoms. The lowest BCUT2D eigenvalue weighted by molar-refractivity contribution is -0.150. The fraction of sp³-hybridized carbons (Fsp3) is 0.684. The SMILES string of the molecule is CCC1(COCCCCCCc2cccc(C)c2)COC1. The molecular weight excluding hydrogens is 260 g/mol. The van der Waals surface area contributed by atoms with Gasteiger partial charge in [-0.25, -0.2) is 0 Å². The second-order valence-electron chi connectivity index (χ2n) is 6.55. The number of rotatable bonds is 10. The van der Waals surface area contributed by atoms with Gasteiger partial charge in [-0.2, -0.15) is 0 Å². The van der Waals surface area contributed by atoms with Gasteiger partial charge in [0, 0.05) is 12.0 Å². The quantitative estimate of drug-likeness (QED) is 0.589. The molecule has 0 aromatic heterocycles. The first-order chi connectivity index (χ1) is 10.2. The Kier molecular flexibility index (Phi) is 6.72. The number of ether oxygens (including phenoxy) is 2. The van der Waals surface area contributed by atoms with Crippen LogP contribution in [0, 0.1) is 12.3 Å². The Morgan fingerprint density at radius 1 is 1.14 bits per heavy atom. The molecule has 2 rings (SSSR count). The summed E-state index contributed by atoms with van der Waals surface area (Å²) in [5.41, 5.74) is 3.18. The summed E-state index contributed by atoms with van der Waals surface area (Å²) in [7, 11) is 0. The molecule has 0 radical (unpaired) electrons. The molecule has 1 aromatic carbocycles. The van der Waals surface area contributed by atoms with Gasteiger partial charge >= 0.3 is 0 Å². The van der Waals surface area contributed by atoms with Crippen molar-refractivity contribution in [3.05, 3.63) is 35.4 Å². The predicted octanol–water partition coefficient (Wildman–Crippen LogP) is 4.54. The lowest BCUT2D eigenvalue weighted by Crippen LogP contribution is -2.45. The monoisotopic (exact) mass is 290 g/mol. The minimum atomic E-state index is 0.338. The van der Waals surface area contributed by atoms with Crippen LogP contribution < -0.4 is 0 Å². The van der Waals surface area contributed by atoms with Crippen molar-refractivity contribution < 1.29 is 9.47 Å². The maximum absolute atomic E-state index is 5.83. The molecule has 1 saturated heterocycles. The van der Waals surface area contributed by atoms with Crippen LogP contribution in [-0.4, -0.2) is 26.4 Å². The van der Waals surface area contributed by atoms with Gasteiger partial charge in [-0.3, -0.25) is 0 Å². The van der Waals surface area contributed by atoms with Crippen molar-refractivity contribution in [3.8, 4) is 0 Å². The van der Waals surface area contributed by atoms with Crippen LogP contribution in [0.15, 0.2) is 24.3 Å². The highest BCUT2D eigenvalue weighted by Crippen LogP contribution is 2.31. The molecule has 0 bridgehead atoms. The average Bonchev–Trinajstić information content (AvgIpc) is 2.44. The van der Waals surface area contributed by atoms with Gasteiger partial charge in [0.05, 0.1) is 19.8 Å². The highest BCUT2D eigenvalue weighted by molar-refractivity contribution is 5.22. The minimum Gasteiger partial charge on any atom is -0.381 e. The van der Waals surface area contributed by atoms with Crippen LogP contribution in [0.2, 0.25) is 0 Å². The van der Waals surface area contributed by atoms with Gasteiger partial charge in [-0.15, -0.1) is 0 Å². The molecule has 1 heterocycles. The highest BCUT2D eigenvalue weighted by atomic mass is 16.5. The third-order valence-electron chi connectivity index (χ3n) is 4.56. The molecule has 1 aliphatic rings. The normalized spacial score (nSPS) is 16.7. The van der Waals surface area contributed by atoms with E-state index in [1.54, 1.807) is 0 Å². The second kappa shape index (κ2) is 8.55. The van der Waals surface area contributed by atoms with E-state index in [2.05, 4.69) is 38.1 Å². The van der Waals surface area contributed by atoms with Crippen molar-refractivity contribution in [2.45, 2.75) is 52.4 Å². The molecule has 21 heavy (non-hydrogen) atoms. The van der Waals surface area contributed by atoms with E-state index < -0.39 is 0 Å². The van der Waals surface area contributed by atoms with Crippen molar-refractivity contribution in [1.82, 2.24) is 0 Å². The smallest absolute Gasteiger partial charge is 0.0566 e. The summed E-state index contributed by atoms with van der Waals surface area (Å²) < 4.78 is 11.1. The number of unbranched alkanes of at least 4 members (excludes halogenated alkanes) is 3. The van der Waals surface area contributed by atoms with Crippen LogP contribution in [0.4, 0.5) is 0 Å². The number of hydrogen-bond donors (Lipinski definition) is 0. The highest BCUT2D eigenvalue weighted by Gasteiger charge is 2.36. The first kappa shape index (κ1) is 16.5. The summed E-state index contributed by atoms with van der Waals surface area (Å²) >= 11 is 0. The van der Waals surface area contributed by atoms with Crippen LogP contribution in [-0.2, 0) is 15.9 Å². The van der Waals surface area contributed by atoms with Crippen molar-refractivity contribution in [2.75, 3.05) is 26.4 Å². The van der Waals surface area contributed by atoms with Crippen LogP contribution in [0.5, 0.6) is 0 Å². The van der Waals surface area contributed by atoms with Crippen molar-refractivity contribution in [3.63, 3.8) is 0 Å². The Morgan fingerprint density at radius 3 is 2.62 bits per heavy atom. The average molecular weight is 290 g/mol. The fourth-order valence-corrected chi connectivity index (χ4v) is 2.82. The number of aryl methyl sites for hydroxylation is 2. The zero-order valence-corrected chi connectivity index (χ0v) is 13.7. The Bertz CT molecular complexity index is 404. The van der Waals surface area contributed by atoms with Gasteiger partial charge in [0.15, 0.2) is 0 Å². The summed E-state index contributed by atoms with van der Waals surface area (Å²) in [5, 5.41) is 0. The summed E-state index contributed by atoms with van der Waals surface area (Å²) in [6.07, 6.45) is 7.44. The molecule has 1 fully saturated rings. The lowest BCUT2D eigenvalue weighted by atomic mass is 9.84. The maximum Gasteiger partial charge on any atom is 0.0566 e. The zero-order chi connectivity index (χ0) is 15.0. The molecule has 1 aliphatic heterocycles. The van der Waals surface area contributed by atoms with E-state index in [-0.39, 0.29) is 0 Å². The third-order valence-corrected chi connectivity index (χ3v) is 4.56. The predicted molar refractivity (Wildman–Crippen MR) is 87.7 cm³/mol. The molecule has 0 N–H and O–H groups in total. The van der Waals surface area contributed by atoms with Crippen LogP contribution >= 0.6 is 0 Å². The summed E-state index contributed by atoms with van der Waals surface area (Å²) in [6, 6.07) is 8.86. The molecule has 0 amide bonds. The fourth-order valence-electron chi connectivity index (χ4n) is 2.82. The van der Waals surface area contributed by atoms with E-state index in [0.29, 0.717) is 5.41 Å². The van der Waals surface area contributed by atoms with Crippen LogP contribution in [0.1, 0.15) is 50.2 Å². The molecular formula is C19H30O2. The van der Waals surface area contributed by atoms with E-state index in [9.17, 15) is 0 Å². The Morgan fingerprint density at radius 2 is 1.95 bits per heavy atom. The molecule has 0 unspecified atom stereocenters. The van der Waals surface area contributed by atoms with Crippen molar-refractivity contribution in [1.29, 1.82) is 0 Å². The van der Waals surface area contributed by atoms with Crippen LogP contribution in [0.3, 0.4) is 0 Å². The zero-order valence-electron chi connectivity index (χ0n) is 13.7.